The van der Waals surface area contributed by atoms with Gasteiger partial charge in [-0.1, -0.05) is 54.4 Å². The first-order valence-electron chi connectivity index (χ1n) is 9.77. The summed E-state index contributed by atoms with van der Waals surface area (Å²) in [6.07, 6.45) is 0.637. The highest BCUT2D eigenvalue weighted by molar-refractivity contribution is 8.00. The van der Waals surface area contributed by atoms with E-state index in [2.05, 4.69) is 10.6 Å². The molecular formula is C24H22Cl2N2O2S. The molecule has 4 nitrogen and oxygen atoms in total. The summed E-state index contributed by atoms with van der Waals surface area (Å²) >= 11 is 13.4. The van der Waals surface area contributed by atoms with E-state index in [9.17, 15) is 9.59 Å². The van der Waals surface area contributed by atoms with Gasteiger partial charge < -0.3 is 10.6 Å². The molecule has 1 unspecified atom stereocenters. The first-order valence-corrected chi connectivity index (χ1v) is 11.4. The predicted octanol–water partition coefficient (Wildman–Crippen LogP) is 7.06. The first-order chi connectivity index (χ1) is 14.9. The van der Waals surface area contributed by atoms with Crippen LogP contribution in [0.25, 0.3) is 0 Å². The average molecular weight is 473 g/mol. The zero-order valence-electron chi connectivity index (χ0n) is 17.1. The lowest BCUT2D eigenvalue weighted by Crippen LogP contribution is -2.24. The van der Waals surface area contributed by atoms with Gasteiger partial charge in [0.05, 0.1) is 15.3 Å². The molecule has 0 fully saturated rings. The van der Waals surface area contributed by atoms with Crippen LogP contribution in [0.4, 0.5) is 11.4 Å². The SMILES string of the molecule is CCC(Sc1cccc(NC(=O)c2ccccc2C)c1)C(=O)Nc1ccc(Cl)c(Cl)c1. The molecule has 2 amide bonds. The van der Waals surface area contributed by atoms with Gasteiger partial charge in [0.1, 0.15) is 0 Å². The summed E-state index contributed by atoms with van der Waals surface area (Å²) in [5.74, 6) is -0.287. The van der Waals surface area contributed by atoms with E-state index in [4.69, 9.17) is 23.2 Å². The number of hydrogen-bond acceptors (Lipinski definition) is 3. The highest BCUT2D eigenvalue weighted by atomic mass is 35.5. The minimum Gasteiger partial charge on any atom is -0.325 e. The third kappa shape index (κ3) is 6.26. The fraction of sp³-hybridized carbons (Fsp3) is 0.167. The summed E-state index contributed by atoms with van der Waals surface area (Å²) in [5, 5.41) is 6.33. The normalized spacial score (nSPS) is 11.6. The molecule has 0 saturated heterocycles. The topological polar surface area (TPSA) is 58.2 Å². The van der Waals surface area contributed by atoms with E-state index >= 15 is 0 Å². The monoisotopic (exact) mass is 472 g/mol. The lowest BCUT2D eigenvalue weighted by Gasteiger charge is -2.16. The van der Waals surface area contributed by atoms with Crippen molar-refractivity contribution in [3.63, 3.8) is 0 Å². The van der Waals surface area contributed by atoms with Gasteiger partial charge in [-0.25, -0.2) is 0 Å². The van der Waals surface area contributed by atoms with Gasteiger partial charge in [-0.2, -0.15) is 0 Å². The van der Waals surface area contributed by atoms with Crippen LogP contribution in [0, 0.1) is 6.92 Å². The van der Waals surface area contributed by atoms with Crippen molar-refractivity contribution in [3.05, 3.63) is 87.9 Å². The Kier molecular flexibility index (Phi) is 8.02. The van der Waals surface area contributed by atoms with E-state index in [-0.39, 0.29) is 17.1 Å². The van der Waals surface area contributed by atoms with E-state index in [0.717, 1.165) is 10.5 Å². The quantitative estimate of drug-likeness (QED) is 0.361. The average Bonchev–Trinajstić information content (AvgIpc) is 2.75. The third-order valence-electron chi connectivity index (χ3n) is 4.61. The van der Waals surface area contributed by atoms with Gasteiger partial charge in [0.2, 0.25) is 5.91 Å². The number of aryl methyl sites for hydroxylation is 1. The van der Waals surface area contributed by atoms with Crippen LogP contribution in [-0.4, -0.2) is 17.1 Å². The Morgan fingerprint density at radius 3 is 2.35 bits per heavy atom. The molecule has 1 atom stereocenters. The summed E-state index contributed by atoms with van der Waals surface area (Å²) in [6, 6.07) is 19.9. The number of rotatable bonds is 7. The van der Waals surface area contributed by atoms with E-state index in [0.29, 0.717) is 33.4 Å². The number of benzene rings is 3. The van der Waals surface area contributed by atoms with E-state index < -0.39 is 0 Å². The van der Waals surface area contributed by atoms with Crippen LogP contribution in [0.3, 0.4) is 0 Å². The van der Waals surface area contributed by atoms with Crippen molar-refractivity contribution in [3.8, 4) is 0 Å². The number of anilines is 2. The highest BCUT2D eigenvalue weighted by Gasteiger charge is 2.19. The summed E-state index contributed by atoms with van der Waals surface area (Å²) in [7, 11) is 0. The van der Waals surface area contributed by atoms with E-state index in [1.54, 1.807) is 24.3 Å². The second kappa shape index (κ2) is 10.7. The molecule has 0 aliphatic heterocycles. The summed E-state index contributed by atoms with van der Waals surface area (Å²) in [6.45, 7) is 3.86. The van der Waals surface area contributed by atoms with Gasteiger partial charge in [0, 0.05) is 21.8 Å². The molecule has 0 aromatic heterocycles. The predicted molar refractivity (Wildman–Crippen MR) is 131 cm³/mol. The number of thioether (sulfide) groups is 1. The maximum absolute atomic E-state index is 12.8. The molecule has 0 saturated carbocycles. The Balaban J connectivity index is 1.68. The fourth-order valence-corrected chi connectivity index (χ4v) is 4.27. The standard InChI is InChI=1S/C24H22Cl2N2O2S/c1-3-22(24(30)28-17-11-12-20(25)21(26)14-17)31-18-9-6-8-16(13-18)27-23(29)19-10-5-4-7-15(19)2/h4-14,22H,3H2,1-2H3,(H,27,29)(H,28,30). The van der Waals surface area contributed by atoms with Gasteiger partial charge in [0.25, 0.3) is 5.91 Å². The van der Waals surface area contributed by atoms with Crippen molar-refractivity contribution in [1.82, 2.24) is 0 Å². The molecular weight excluding hydrogens is 451 g/mol. The van der Waals surface area contributed by atoms with Crippen LogP contribution in [0.1, 0.15) is 29.3 Å². The Labute approximate surface area is 196 Å². The minimum atomic E-state index is -0.309. The van der Waals surface area contributed by atoms with Crippen LogP contribution < -0.4 is 10.6 Å². The van der Waals surface area contributed by atoms with Crippen LogP contribution >= 0.6 is 35.0 Å². The zero-order valence-corrected chi connectivity index (χ0v) is 19.4. The molecule has 160 valence electrons. The first kappa shape index (κ1) is 23.2. The Morgan fingerprint density at radius 2 is 1.65 bits per heavy atom. The van der Waals surface area contributed by atoms with Gasteiger partial charge in [-0.15, -0.1) is 11.8 Å². The summed E-state index contributed by atoms with van der Waals surface area (Å²) in [5.41, 5.74) is 2.82. The maximum atomic E-state index is 12.8. The van der Waals surface area contributed by atoms with Crippen LogP contribution in [-0.2, 0) is 4.79 Å². The van der Waals surface area contributed by atoms with E-state index in [1.165, 1.54) is 11.8 Å². The molecule has 3 rings (SSSR count). The van der Waals surface area contributed by atoms with Crippen molar-refractivity contribution >= 4 is 58.2 Å². The Morgan fingerprint density at radius 1 is 0.903 bits per heavy atom. The lowest BCUT2D eigenvalue weighted by molar-refractivity contribution is -0.115. The van der Waals surface area contributed by atoms with Crippen LogP contribution in [0.5, 0.6) is 0 Å². The second-order valence-electron chi connectivity index (χ2n) is 6.93. The molecule has 7 heteroatoms. The van der Waals surface area contributed by atoms with E-state index in [1.807, 2.05) is 56.3 Å². The lowest BCUT2D eigenvalue weighted by atomic mass is 10.1. The van der Waals surface area contributed by atoms with Crippen molar-refractivity contribution in [1.29, 1.82) is 0 Å². The highest BCUT2D eigenvalue weighted by Crippen LogP contribution is 2.30. The van der Waals surface area contributed by atoms with Crippen molar-refractivity contribution < 1.29 is 9.59 Å². The number of carbonyl (C=O) groups excluding carboxylic acids is 2. The fourth-order valence-electron chi connectivity index (χ4n) is 2.96. The molecule has 3 aromatic carbocycles. The summed E-state index contributed by atoms with van der Waals surface area (Å²) in [4.78, 5) is 26.2. The second-order valence-corrected chi connectivity index (χ2v) is 9.02. The van der Waals surface area contributed by atoms with Gasteiger partial charge in [-0.05, 0) is 61.4 Å². The number of halogens is 2. The smallest absolute Gasteiger partial charge is 0.255 e. The largest absolute Gasteiger partial charge is 0.325 e. The molecule has 0 heterocycles. The van der Waals surface area contributed by atoms with Crippen LogP contribution in [0.15, 0.2) is 71.6 Å². The van der Waals surface area contributed by atoms with Gasteiger partial charge >= 0.3 is 0 Å². The molecule has 2 N–H and O–H groups in total. The zero-order chi connectivity index (χ0) is 22.4. The molecule has 0 bridgehead atoms. The molecule has 0 radical (unpaired) electrons. The molecule has 31 heavy (non-hydrogen) atoms. The number of nitrogens with one attached hydrogen (secondary N) is 2. The minimum absolute atomic E-state index is 0.125. The maximum Gasteiger partial charge on any atom is 0.255 e. The van der Waals surface area contributed by atoms with Crippen molar-refractivity contribution in [2.24, 2.45) is 0 Å². The molecule has 0 aliphatic rings. The molecule has 3 aromatic rings. The summed E-state index contributed by atoms with van der Waals surface area (Å²) < 4.78 is 0. The van der Waals surface area contributed by atoms with Crippen molar-refractivity contribution in [2.45, 2.75) is 30.4 Å². The molecule has 0 aliphatic carbocycles. The Bertz CT molecular complexity index is 1100. The number of amides is 2. The van der Waals surface area contributed by atoms with Crippen LogP contribution in [0.2, 0.25) is 10.0 Å². The Hall–Kier alpha value is -2.47. The molecule has 0 spiro atoms. The number of carbonyl (C=O) groups is 2. The van der Waals surface area contributed by atoms with Crippen molar-refractivity contribution in [2.75, 3.05) is 10.6 Å². The number of hydrogen-bond donors (Lipinski definition) is 2. The third-order valence-corrected chi connectivity index (χ3v) is 6.71. The van der Waals surface area contributed by atoms with Gasteiger partial charge in [0.15, 0.2) is 0 Å². The van der Waals surface area contributed by atoms with Gasteiger partial charge in [-0.3, -0.25) is 9.59 Å².